The largest absolute Gasteiger partial charge is 0.494 e. The van der Waals surface area contributed by atoms with Crippen LogP contribution in [0.15, 0.2) is 24.8 Å². The van der Waals surface area contributed by atoms with E-state index in [1.54, 1.807) is 18.2 Å². The summed E-state index contributed by atoms with van der Waals surface area (Å²) in [4.78, 5) is 11.6. The fourth-order valence-corrected chi connectivity index (χ4v) is 1.72. The maximum atomic E-state index is 11.6. The Labute approximate surface area is 88.0 Å². The Hall–Kier alpha value is -1.61. The number of aliphatic hydroxyl groups excluding tert-OH is 1. The second-order valence-electron chi connectivity index (χ2n) is 3.43. The number of Topliss-reactive ketones (excluding diaryl/α,β-unsaturated/α-hetero) is 1. The van der Waals surface area contributed by atoms with Crippen molar-refractivity contribution in [2.24, 2.45) is 0 Å². The van der Waals surface area contributed by atoms with Crippen molar-refractivity contribution < 1.29 is 14.6 Å². The Morgan fingerprint density at radius 3 is 2.87 bits per heavy atom. The van der Waals surface area contributed by atoms with Gasteiger partial charge < -0.3 is 9.84 Å². The standard InChI is InChI=1S/C12H12O3/c1-3-15-8-4-5-9-7(2)11(13)12(14)10(9)6-8/h4-6,11,13H,2-3H2,1H3. The first-order valence-electron chi connectivity index (χ1n) is 4.83. The molecular formula is C12H12O3. The molecule has 0 aromatic heterocycles. The van der Waals surface area contributed by atoms with Gasteiger partial charge in [0.25, 0.3) is 0 Å². The number of rotatable bonds is 2. The van der Waals surface area contributed by atoms with E-state index < -0.39 is 6.10 Å². The van der Waals surface area contributed by atoms with E-state index in [2.05, 4.69) is 6.58 Å². The Kier molecular flexibility index (Phi) is 2.32. The van der Waals surface area contributed by atoms with E-state index in [1.807, 2.05) is 6.92 Å². The summed E-state index contributed by atoms with van der Waals surface area (Å²) in [5, 5.41) is 9.52. The summed E-state index contributed by atoms with van der Waals surface area (Å²) >= 11 is 0. The highest BCUT2D eigenvalue weighted by molar-refractivity contribution is 6.15. The Morgan fingerprint density at radius 1 is 1.47 bits per heavy atom. The molecular weight excluding hydrogens is 192 g/mol. The normalized spacial score (nSPS) is 19.2. The first-order valence-corrected chi connectivity index (χ1v) is 4.83. The molecule has 15 heavy (non-hydrogen) atoms. The smallest absolute Gasteiger partial charge is 0.196 e. The van der Waals surface area contributed by atoms with Gasteiger partial charge >= 0.3 is 0 Å². The Bertz CT molecular complexity index is 434. The molecule has 1 aliphatic carbocycles. The van der Waals surface area contributed by atoms with Crippen molar-refractivity contribution >= 4 is 11.4 Å². The minimum atomic E-state index is -1.09. The highest BCUT2D eigenvalue weighted by Crippen LogP contribution is 2.33. The van der Waals surface area contributed by atoms with Crippen molar-refractivity contribution in [1.29, 1.82) is 0 Å². The van der Waals surface area contributed by atoms with Crippen LogP contribution in [-0.4, -0.2) is 23.6 Å². The molecule has 0 bridgehead atoms. The highest BCUT2D eigenvalue weighted by Gasteiger charge is 2.32. The molecule has 0 aliphatic heterocycles. The first-order chi connectivity index (χ1) is 7.15. The third kappa shape index (κ3) is 1.45. The molecule has 0 heterocycles. The molecule has 1 atom stereocenters. The van der Waals surface area contributed by atoms with Crippen LogP contribution in [0.1, 0.15) is 22.8 Å². The Balaban J connectivity index is 2.47. The highest BCUT2D eigenvalue weighted by atomic mass is 16.5. The van der Waals surface area contributed by atoms with Crippen LogP contribution in [0.2, 0.25) is 0 Å². The molecule has 0 saturated heterocycles. The van der Waals surface area contributed by atoms with Crippen molar-refractivity contribution in [3.63, 3.8) is 0 Å². The van der Waals surface area contributed by atoms with Gasteiger partial charge in [-0.2, -0.15) is 0 Å². The summed E-state index contributed by atoms with van der Waals surface area (Å²) in [6.45, 7) is 6.12. The third-order valence-corrected chi connectivity index (χ3v) is 2.49. The van der Waals surface area contributed by atoms with E-state index in [4.69, 9.17) is 4.74 Å². The summed E-state index contributed by atoms with van der Waals surface area (Å²) in [5.41, 5.74) is 1.69. The first kappa shape index (κ1) is 9.93. The number of hydrogen-bond acceptors (Lipinski definition) is 3. The van der Waals surface area contributed by atoms with Gasteiger partial charge in [0.1, 0.15) is 11.9 Å². The molecule has 78 valence electrons. The Morgan fingerprint density at radius 2 is 2.20 bits per heavy atom. The molecule has 1 unspecified atom stereocenters. The number of benzene rings is 1. The maximum absolute atomic E-state index is 11.6. The molecule has 0 radical (unpaired) electrons. The average Bonchev–Trinajstić information content (AvgIpc) is 2.45. The lowest BCUT2D eigenvalue weighted by Gasteiger charge is -2.04. The summed E-state index contributed by atoms with van der Waals surface area (Å²) in [5.74, 6) is 0.350. The average molecular weight is 204 g/mol. The molecule has 0 spiro atoms. The lowest BCUT2D eigenvalue weighted by Crippen LogP contribution is -2.12. The number of ketones is 1. The number of fused-ring (bicyclic) bond motifs is 1. The molecule has 0 saturated carbocycles. The fourth-order valence-electron chi connectivity index (χ4n) is 1.72. The molecule has 1 aromatic carbocycles. The number of ether oxygens (including phenoxy) is 1. The van der Waals surface area contributed by atoms with Gasteiger partial charge in [0.2, 0.25) is 0 Å². The van der Waals surface area contributed by atoms with Crippen LogP contribution in [0.25, 0.3) is 5.57 Å². The van der Waals surface area contributed by atoms with Crippen molar-refractivity contribution in [2.75, 3.05) is 6.61 Å². The van der Waals surface area contributed by atoms with Crippen LogP contribution in [0, 0.1) is 0 Å². The predicted molar refractivity (Wildman–Crippen MR) is 57.0 cm³/mol. The molecule has 3 heteroatoms. The van der Waals surface area contributed by atoms with Gasteiger partial charge in [0, 0.05) is 5.56 Å². The summed E-state index contributed by atoms with van der Waals surface area (Å²) in [6, 6.07) is 5.19. The number of carbonyl (C=O) groups excluding carboxylic acids is 1. The third-order valence-electron chi connectivity index (χ3n) is 2.49. The summed E-state index contributed by atoms with van der Waals surface area (Å²) < 4.78 is 5.29. The van der Waals surface area contributed by atoms with Crippen LogP contribution < -0.4 is 4.74 Å². The lowest BCUT2D eigenvalue weighted by atomic mass is 10.1. The van der Waals surface area contributed by atoms with Crippen LogP contribution in [-0.2, 0) is 0 Å². The minimum Gasteiger partial charge on any atom is -0.494 e. The SMILES string of the molecule is C=C1c2ccc(OCC)cc2C(=O)C1O. The van der Waals surface area contributed by atoms with E-state index in [0.29, 0.717) is 23.5 Å². The monoisotopic (exact) mass is 204 g/mol. The van der Waals surface area contributed by atoms with Gasteiger partial charge in [0.05, 0.1) is 6.61 Å². The summed E-state index contributed by atoms with van der Waals surface area (Å²) in [7, 11) is 0. The van der Waals surface area contributed by atoms with Gasteiger partial charge in [-0.05, 0) is 30.2 Å². The molecule has 3 nitrogen and oxygen atoms in total. The maximum Gasteiger partial charge on any atom is 0.196 e. The van der Waals surface area contributed by atoms with Gasteiger partial charge in [-0.15, -0.1) is 0 Å². The van der Waals surface area contributed by atoms with Gasteiger partial charge in [-0.25, -0.2) is 0 Å². The van der Waals surface area contributed by atoms with Crippen LogP contribution >= 0.6 is 0 Å². The van der Waals surface area contributed by atoms with Crippen molar-refractivity contribution in [2.45, 2.75) is 13.0 Å². The predicted octanol–water partition coefficient (Wildman–Crippen LogP) is 1.66. The van der Waals surface area contributed by atoms with Gasteiger partial charge in [-0.3, -0.25) is 4.79 Å². The topological polar surface area (TPSA) is 46.5 Å². The molecule has 2 rings (SSSR count). The zero-order valence-corrected chi connectivity index (χ0v) is 8.49. The number of hydrogen-bond donors (Lipinski definition) is 1. The molecule has 1 aliphatic rings. The molecule has 1 aromatic rings. The zero-order chi connectivity index (χ0) is 11.0. The molecule has 0 amide bonds. The van der Waals surface area contributed by atoms with Crippen molar-refractivity contribution in [1.82, 2.24) is 0 Å². The van der Waals surface area contributed by atoms with Crippen LogP contribution in [0.3, 0.4) is 0 Å². The van der Waals surface area contributed by atoms with E-state index >= 15 is 0 Å². The summed E-state index contributed by atoms with van der Waals surface area (Å²) in [6.07, 6.45) is -1.09. The number of aliphatic hydroxyl groups is 1. The number of carbonyl (C=O) groups is 1. The molecule has 1 N–H and O–H groups in total. The fraction of sp³-hybridized carbons (Fsp3) is 0.250. The quantitative estimate of drug-likeness (QED) is 0.796. The van der Waals surface area contributed by atoms with Gasteiger partial charge in [-0.1, -0.05) is 12.6 Å². The zero-order valence-electron chi connectivity index (χ0n) is 8.49. The van der Waals surface area contributed by atoms with Crippen LogP contribution in [0.5, 0.6) is 5.75 Å². The molecule has 0 fully saturated rings. The van der Waals surface area contributed by atoms with Gasteiger partial charge in [0.15, 0.2) is 5.78 Å². The van der Waals surface area contributed by atoms with E-state index in [0.717, 1.165) is 5.56 Å². The van der Waals surface area contributed by atoms with E-state index in [-0.39, 0.29) is 5.78 Å². The minimum absolute atomic E-state index is 0.295. The van der Waals surface area contributed by atoms with Crippen molar-refractivity contribution in [3.8, 4) is 5.75 Å². The van der Waals surface area contributed by atoms with E-state index in [1.165, 1.54) is 0 Å². The van der Waals surface area contributed by atoms with Crippen molar-refractivity contribution in [3.05, 3.63) is 35.9 Å². The second-order valence-corrected chi connectivity index (χ2v) is 3.43. The van der Waals surface area contributed by atoms with E-state index in [9.17, 15) is 9.90 Å². The lowest BCUT2D eigenvalue weighted by molar-refractivity contribution is 0.0847. The second kappa shape index (κ2) is 3.51. The van der Waals surface area contributed by atoms with Crippen LogP contribution in [0.4, 0.5) is 0 Å².